The highest BCUT2D eigenvalue weighted by molar-refractivity contribution is 5.78. The quantitative estimate of drug-likeness (QED) is 0.571. The Labute approximate surface area is 119 Å². The zero-order valence-electron chi connectivity index (χ0n) is 11.3. The van der Waals surface area contributed by atoms with Crippen molar-refractivity contribution in [2.45, 2.75) is 6.54 Å². The number of hydrogen-bond acceptors (Lipinski definition) is 5. The van der Waals surface area contributed by atoms with Gasteiger partial charge < -0.3 is 19.8 Å². The second kappa shape index (κ2) is 5.33. The minimum absolute atomic E-state index is 0.207. The molecule has 108 valence electrons. The molecule has 1 N–H and O–H groups in total. The van der Waals surface area contributed by atoms with E-state index in [1.54, 1.807) is 7.11 Å². The van der Waals surface area contributed by atoms with Crippen LogP contribution in [-0.4, -0.2) is 38.4 Å². The maximum atomic E-state index is 10.9. The lowest BCUT2D eigenvalue weighted by atomic mass is 10.3. The molecule has 1 aromatic carbocycles. The molecule has 21 heavy (non-hydrogen) atoms. The lowest BCUT2D eigenvalue weighted by molar-refractivity contribution is -0.389. The van der Waals surface area contributed by atoms with Crippen molar-refractivity contribution in [1.29, 1.82) is 0 Å². The third-order valence-electron chi connectivity index (χ3n) is 3.09. The SMILES string of the molecule is COCCn1nc([N+](=O)[O-])cc1-c1nc2ccccc2[nH]1. The van der Waals surface area contributed by atoms with E-state index < -0.39 is 4.92 Å². The maximum Gasteiger partial charge on any atom is 0.390 e. The van der Waals surface area contributed by atoms with Gasteiger partial charge in [0.2, 0.25) is 0 Å². The first kappa shape index (κ1) is 13.3. The van der Waals surface area contributed by atoms with E-state index >= 15 is 0 Å². The average Bonchev–Trinajstić information content (AvgIpc) is 3.08. The van der Waals surface area contributed by atoms with Gasteiger partial charge in [-0.25, -0.2) is 4.98 Å². The van der Waals surface area contributed by atoms with Crippen LogP contribution in [0.5, 0.6) is 0 Å². The van der Waals surface area contributed by atoms with Crippen LogP contribution >= 0.6 is 0 Å². The molecular formula is C13H13N5O3. The molecule has 0 atom stereocenters. The molecule has 0 aliphatic rings. The molecule has 0 aliphatic carbocycles. The molecule has 0 spiro atoms. The molecule has 0 bridgehead atoms. The molecule has 8 nitrogen and oxygen atoms in total. The molecule has 0 saturated carbocycles. The highest BCUT2D eigenvalue weighted by Crippen LogP contribution is 2.24. The number of benzene rings is 1. The molecule has 0 unspecified atom stereocenters. The fourth-order valence-electron chi connectivity index (χ4n) is 2.11. The van der Waals surface area contributed by atoms with Gasteiger partial charge in [-0.3, -0.25) is 0 Å². The van der Waals surface area contributed by atoms with Crippen LogP contribution in [0.4, 0.5) is 5.82 Å². The summed E-state index contributed by atoms with van der Waals surface area (Å²) in [4.78, 5) is 18.0. The third-order valence-corrected chi connectivity index (χ3v) is 3.09. The number of fused-ring (bicyclic) bond motifs is 1. The van der Waals surface area contributed by atoms with E-state index in [9.17, 15) is 10.1 Å². The van der Waals surface area contributed by atoms with E-state index in [-0.39, 0.29) is 5.82 Å². The van der Waals surface area contributed by atoms with E-state index in [1.807, 2.05) is 24.3 Å². The Morgan fingerprint density at radius 3 is 2.95 bits per heavy atom. The van der Waals surface area contributed by atoms with Gasteiger partial charge in [-0.2, -0.15) is 4.68 Å². The molecule has 0 fully saturated rings. The normalized spacial score (nSPS) is 11.1. The van der Waals surface area contributed by atoms with Crippen LogP contribution in [-0.2, 0) is 11.3 Å². The summed E-state index contributed by atoms with van der Waals surface area (Å²) < 4.78 is 6.53. The number of methoxy groups -OCH3 is 1. The second-order valence-corrected chi connectivity index (χ2v) is 4.46. The van der Waals surface area contributed by atoms with Gasteiger partial charge in [0, 0.05) is 7.11 Å². The van der Waals surface area contributed by atoms with Crippen molar-refractivity contribution >= 4 is 16.9 Å². The predicted molar refractivity (Wildman–Crippen MR) is 75.8 cm³/mol. The van der Waals surface area contributed by atoms with Gasteiger partial charge in [-0.05, 0) is 17.1 Å². The first-order chi connectivity index (χ1) is 10.2. The predicted octanol–water partition coefficient (Wildman–Crippen LogP) is 1.98. The Kier molecular flexibility index (Phi) is 3.36. The van der Waals surface area contributed by atoms with Crippen molar-refractivity contribution in [2.24, 2.45) is 0 Å². The Balaban J connectivity index is 2.08. The van der Waals surface area contributed by atoms with Gasteiger partial charge >= 0.3 is 5.82 Å². The molecule has 0 saturated heterocycles. The van der Waals surface area contributed by atoms with E-state index in [4.69, 9.17) is 4.74 Å². The molecule has 8 heteroatoms. The smallest absolute Gasteiger partial charge is 0.383 e. The van der Waals surface area contributed by atoms with Gasteiger partial charge in [-0.1, -0.05) is 12.1 Å². The average molecular weight is 287 g/mol. The van der Waals surface area contributed by atoms with Gasteiger partial charge in [0.15, 0.2) is 5.82 Å². The van der Waals surface area contributed by atoms with Crippen molar-refractivity contribution in [3.05, 3.63) is 40.4 Å². The van der Waals surface area contributed by atoms with Crippen molar-refractivity contribution < 1.29 is 9.66 Å². The van der Waals surface area contributed by atoms with Gasteiger partial charge in [0.1, 0.15) is 5.69 Å². The number of para-hydroxylation sites is 2. The van der Waals surface area contributed by atoms with E-state index in [2.05, 4.69) is 15.1 Å². The lowest BCUT2D eigenvalue weighted by Crippen LogP contribution is -2.08. The third kappa shape index (κ3) is 2.48. The van der Waals surface area contributed by atoms with Crippen LogP contribution in [0.15, 0.2) is 30.3 Å². The highest BCUT2D eigenvalue weighted by Gasteiger charge is 2.21. The number of nitrogens with zero attached hydrogens (tertiary/aromatic N) is 4. The second-order valence-electron chi connectivity index (χ2n) is 4.46. The summed E-state index contributed by atoms with van der Waals surface area (Å²) in [6, 6.07) is 8.97. The number of H-pyrrole nitrogens is 1. The Morgan fingerprint density at radius 2 is 2.24 bits per heavy atom. The maximum absolute atomic E-state index is 10.9. The summed E-state index contributed by atoms with van der Waals surface area (Å²) >= 11 is 0. The minimum atomic E-state index is -0.518. The highest BCUT2D eigenvalue weighted by atomic mass is 16.6. The number of ether oxygens (including phenoxy) is 1. The lowest BCUT2D eigenvalue weighted by Gasteiger charge is -1.99. The van der Waals surface area contributed by atoms with Crippen LogP contribution in [0, 0.1) is 10.1 Å². The number of hydrogen-bond donors (Lipinski definition) is 1. The fraction of sp³-hybridized carbons (Fsp3) is 0.231. The van der Waals surface area contributed by atoms with E-state index in [1.165, 1.54) is 10.7 Å². The summed E-state index contributed by atoms with van der Waals surface area (Å²) in [6.45, 7) is 0.822. The zero-order chi connectivity index (χ0) is 14.8. The Morgan fingerprint density at radius 1 is 1.43 bits per heavy atom. The summed E-state index contributed by atoms with van der Waals surface area (Å²) in [7, 11) is 1.57. The van der Waals surface area contributed by atoms with Crippen molar-refractivity contribution in [3.63, 3.8) is 0 Å². The first-order valence-electron chi connectivity index (χ1n) is 6.35. The van der Waals surface area contributed by atoms with Crippen LogP contribution in [0.1, 0.15) is 0 Å². The van der Waals surface area contributed by atoms with Gasteiger partial charge in [-0.15, -0.1) is 0 Å². The summed E-state index contributed by atoms with van der Waals surface area (Å²) in [5, 5.41) is 14.9. The largest absolute Gasteiger partial charge is 0.390 e. The van der Waals surface area contributed by atoms with Crippen molar-refractivity contribution in [3.8, 4) is 11.5 Å². The first-order valence-corrected chi connectivity index (χ1v) is 6.35. The van der Waals surface area contributed by atoms with Crippen molar-refractivity contribution in [1.82, 2.24) is 19.7 Å². The van der Waals surface area contributed by atoms with Crippen LogP contribution in [0.25, 0.3) is 22.6 Å². The minimum Gasteiger partial charge on any atom is -0.383 e. The summed E-state index contributed by atoms with van der Waals surface area (Å²) in [6.07, 6.45) is 0. The van der Waals surface area contributed by atoms with E-state index in [0.29, 0.717) is 24.7 Å². The topological polar surface area (TPSA) is 98.9 Å². The molecule has 0 aliphatic heterocycles. The van der Waals surface area contributed by atoms with Gasteiger partial charge in [0.25, 0.3) is 0 Å². The number of rotatable bonds is 5. The zero-order valence-corrected chi connectivity index (χ0v) is 11.3. The molecular weight excluding hydrogens is 274 g/mol. The van der Waals surface area contributed by atoms with Crippen LogP contribution < -0.4 is 0 Å². The Hall–Kier alpha value is -2.74. The number of aromatic amines is 1. The number of imidazole rings is 1. The molecule has 2 aromatic heterocycles. The van der Waals surface area contributed by atoms with Crippen LogP contribution in [0.2, 0.25) is 0 Å². The van der Waals surface area contributed by atoms with Crippen molar-refractivity contribution in [2.75, 3.05) is 13.7 Å². The number of nitro groups is 1. The summed E-state index contributed by atoms with van der Waals surface area (Å²) in [5.74, 6) is 0.342. The number of aromatic nitrogens is 4. The molecule has 3 aromatic rings. The fourth-order valence-corrected chi connectivity index (χ4v) is 2.11. The number of nitrogens with one attached hydrogen (secondary N) is 1. The standard InChI is InChI=1S/C13H13N5O3/c1-21-7-6-17-11(8-12(16-17)18(19)20)13-14-9-4-2-3-5-10(9)15-13/h2-5,8H,6-7H2,1H3,(H,14,15). The monoisotopic (exact) mass is 287 g/mol. The summed E-state index contributed by atoms with van der Waals surface area (Å²) in [5.41, 5.74) is 2.24. The molecule has 3 rings (SSSR count). The van der Waals surface area contributed by atoms with E-state index in [0.717, 1.165) is 11.0 Å². The van der Waals surface area contributed by atoms with Gasteiger partial charge in [0.05, 0.1) is 35.4 Å². The molecule has 2 heterocycles. The molecule has 0 amide bonds. The Bertz CT molecular complexity index is 759. The van der Waals surface area contributed by atoms with Crippen LogP contribution in [0.3, 0.4) is 0 Å². The molecule has 0 radical (unpaired) electrons.